The van der Waals surface area contributed by atoms with Crippen molar-refractivity contribution in [2.45, 2.75) is 37.8 Å². The van der Waals surface area contributed by atoms with Gasteiger partial charge < -0.3 is 10.4 Å². The smallest absolute Gasteiger partial charge is 0.251 e. The predicted molar refractivity (Wildman–Crippen MR) is 98.1 cm³/mol. The Morgan fingerprint density at radius 1 is 1.27 bits per heavy atom. The summed E-state index contributed by atoms with van der Waals surface area (Å²) >= 11 is 0. The molecule has 0 aliphatic rings. The highest BCUT2D eigenvalue weighted by atomic mass is 32.2. The highest BCUT2D eigenvalue weighted by Gasteiger charge is 2.16. The lowest BCUT2D eigenvalue weighted by Crippen LogP contribution is -2.31. The Morgan fingerprint density at radius 3 is 2.65 bits per heavy atom. The molecule has 1 aromatic heterocycles. The molecule has 0 aliphatic heterocycles. The maximum Gasteiger partial charge on any atom is 0.251 e. The summed E-state index contributed by atoms with van der Waals surface area (Å²) in [6, 6.07) is 9.53. The quantitative estimate of drug-likeness (QED) is 0.641. The van der Waals surface area contributed by atoms with Crippen LogP contribution < -0.4 is 10.0 Å². The summed E-state index contributed by atoms with van der Waals surface area (Å²) < 4.78 is 26.7. The highest BCUT2D eigenvalue weighted by Crippen LogP contribution is 2.12. The van der Waals surface area contributed by atoms with Gasteiger partial charge in [-0.25, -0.2) is 13.1 Å². The number of hydrogen-bond donors (Lipinski definition) is 3. The van der Waals surface area contributed by atoms with Gasteiger partial charge in [0.25, 0.3) is 5.91 Å². The summed E-state index contributed by atoms with van der Waals surface area (Å²) in [5.41, 5.74) is 2.07. The Balaban J connectivity index is 2.05. The zero-order valence-electron chi connectivity index (χ0n) is 14.8. The number of aliphatic hydroxyl groups excluding tert-OH is 1. The molecule has 1 atom stereocenters. The molecule has 0 saturated heterocycles. The molecule has 0 fully saturated rings. The molecule has 1 heterocycles. The number of carbonyl (C=O) groups is 1. The highest BCUT2D eigenvalue weighted by molar-refractivity contribution is 7.89. The molecule has 0 unspecified atom stereocenters. The molecule has 7 nitrogen and oxygen atoms in total. The van der Waals surface area contributed by atoms with Crippen LogP contribution in [0.4, 0.5) is 0 Å². The van der Waals surface area contributed by atoms with E-state index in [2.05, 4.69) is 15.0 Å². The van der Waals surface area contributed by atoms with Gasteiger partial charge in [-0.15, -0.1) is 0 Å². The Hall–Kier alpha value is -2.29. The van der Waals surface area contributed by atoms with Crippen LogP contribution in [-0.4, -0.2) is 37.1 Å². The van der Waals surface area contributed by atoms with E-state index in [0.29, 0.717) is 0 Å². The summed E-state index contributed by atoms with van der Waals surface area (Å²) in [5.74, 6) is -0.390. The largest absolute Gasteiger partial charge is 0.392 e. The molecule has 1 amide bonds. The number of rotatable bonds is 8. The first-order chi connectivity index (χ1) is 12.3. The van der Waals surface area contributed by atoms with E-state index in [1.807, 2.05) is 19.1 Å². The fourth-order valence-corrected chi connectivity index (χ4v) is 3.33. The maximum atomic E-state index is 12.3. The van der Waals surface area contributed by atoms with Crippen LogP contribution in [0.1, 0.15) is 35.5 Å². The van der Waals surface area contributed by atoms with Crippen LogP contribution in [-0.2, 0) is 23.0 Å². The third-order valence-electron chi connectivity index (χ3n) is 3.70. The van der Waals surface area contributed by atoms with Crippen LogP contribution in [0.2, 0.25) is 0 Å². The van der Waals surface area contributed by atoms with Crippen molar-refractivity contribution >= 4 is 15.9 Å². The normalized spacial score (nSPS) is 12.6. The Labute approximate surface area is 153 Å². The van der Waals surface area contributed by atoms with Gasteiger partial charge in [-0.3, -0.25) is 9.78 Å². The van der Waals surface area contributed by atoms with Crippen molar-refractivity contribution in [3.8, 4) is 0 Å². The Morgan fingerprint density at radius 2 is 2.04 bits per heavy atom. The number of carbonyl (C=O) groups excluding carboxylic acids is 1. The first-order valence-electron chi connectivity index (χ1n) is 8.31. The minimum absolute atomic E-state index is 0.0313. The summed E-state index contributed by atoms with van der Waals surface area (Å²) in [7, 11) is -3.79. The molecule has 0 aliphatic carbocycles. The molecule has 2 aromatic rings. The SMILES string of the molecule is CCc1ccc(CNC(=O)c2cccc(S(=O)(=O)NC[C@@H](C)O)c2)nc1. The van der Waals surface area contributed by atoms with Gasteiger partial charge in [0.05, 0.1) is 23.2 Å². The summed E-state index contributed by atoms with van der Waals surface area (Å²) in [5, 5.41) is 11.9. The number of hydrogen-bond acceptors (Lipinski definition) is 5. The number of nitrogens with zero attached hydrogens (tertiary/aromatic N) is 1. The predicted octanol–water partition coefficient (Wildman–Crippen LogP) is 1.23. The molecule has 0 spiro atoms. The number of aromatic nitrogens is 1. The van der Waals surface area contributed by atoms with E-state index >= 15 is 0 Å². The minimum Gasteiger partial charge on any atom is -0.392 e. The Bertz CT molecular complexity index is 849. The summed E-state index contributed by atoms with van der Waals surface area (Å²) in [4.78, 5) is 16.5. The van der Waals surface area contributed by atoms with Gasteiger partial charge in [0.2, 0.25) is 10.0 Å². The van der Waals surface area contributed by atoms with E-state index < -0.39 is 16.1 Å². The third-order valence-corrected chi connectivity index (χ3v) is 5.12. The second-order valence-corrected chi connectivity index (χ2v) is 7.69. The van der Waals surface area contributed by atoms with Crippen molar-refractivity contribution in [3.05, 3.63) is 59.4 Å². The summed E-state index contributed by atoms with van der Waals surface area (Å²) in [6.07, 6.45) is 1.86. The molecule has 3 N–H and O–H groups in total. The second-order valence-electron chi connectivity index (χ2n) is 5.92. The van der Waals surface area contributed by atoms with E-state index in [1.165, 1.54) is 31.2 Å². The van der Waals surface area contributed by atoms with Crippen LogP contribution in [0.3, 0.4) is 0 Å². The van der Waals surface area contributed by atoms with Gasteiger partial charge in [-0.1, -0.05) is 19.1 Å². The van der Waals surface area contributed by atoms with Crippen molar-refractivity contribution in [2.75, 3.05) is 6.54 Å². The fraction of sp³-hybridized carbons (Fsp3) is 0.333. The first-order valence-corrected chi connectivity index (χ1v) is 9.80. The second kappa shape index (κ2) is 8.88. The zero-order valence-corrected chi connectivity index (χ0v) is 15.6. The fourth-order valence-electron chi connectivity index (χ4n) is 2.16. The molecular weight excluding hydrogens is 354 g/mol. The number of sulfonamides is 1. The average molecular weight is 377 g/mol. The van der Waals surface area contributed by atoms with Crippen molar-refractivity contribution in [3.63, 3.8) is 0 Å². The van der Waals surface area contributed by atoms with Crippen LogP contribution in [0.15, 0.2) is 47.5 Å². The minimum atomic E-state index is -3.79. The van der Waals surface area contributed by atoms with Crippen molar-refractivity contribution in [2.24, 2.45) is 0 Å². The van der Waals surface area contributed by atoms with Crippen LogP contribution in [0.5, 0.6) is 0 Å². The van der Waals surface area contributed by atoms with Gasteiger partial charge in [0, 0.05) is 18.3 Å². The van der Waals surface area contributed by atoms with Gasteiger partial charge >= 0.3 is 0 Å². The third kappa shape index (κ3) is 5.62. The van der Waals surface area contributed by atoms with Gasteiger partial charge in [-0.05, 0) is 43.2 Å². The number of benzene rings is 1. The summed E-state index contributed by atoms with van der Waals surface area (Å²) in [6.45, 7) is 3.67. The van der Waals surface area contributed by atoms with Gasteiger partial charge in [0.1, 0.15) is 0 Å². The van der Waals surface area contributed by atoms with Crippen LogP contribution in [0.25, 0.3) is 0 Å². The number of aryl methyl sites for hydroxylation is 1. The first kappa shape index (κ1) is 20.0. The maximum absolute atomic E-state index is 12.3. The standard InChI is InChI=1S/C18H23N3O4S/c1-3-14-7-8-16(19-11-14)12-20-18(23)15-5-4-6-17(9-15)26(24,25)21-10-13(2)22/h4-9,11,13,21-22H,3,10,12H2,1-2H3,(H,20,23)/t13-/m1/s1. The number of nitrogens with one attached hydrogen (secondary N) is 2. The molecule has 140 valence electrons. The van der Waals surface area contributed by atoms with E-state index in [9.17, 15) is 18.3 Å². The molecule has 0 saturated carbocycles. The zero-order chi connectivity index (χ0) is 19.2. The molecule has 0 radical (unpaired) electrons. The molecule has 26 heavy (non-hydrogen) atoms. The van der Waals surface area contributed by atoms with E-state index in [4.69, 9.17) is 0 Å². The number of pyridine rings is 1. The Kier molecular flexibility index (Phi) is 6.84. The van der Waals surface area contributed by atoms with Crippen LogP contribution in [0, 0.1) is 0 Å². The molecule has 0 bridgehead atoms. The van der Waals surface area contributed by atoms with Crippen LogP contribution >= 0.6 is 0 Å². The average Bonchev–Trinajstić information content (AvgIpc) is 2.65. The van der Waals surface area contributed by atoms with E-state index in [1.54, 1.807) is 6.20 Å². The van der Waals surface area contributed by atoms with Crippen molar-refractivity contribution in [1.29, 1.82) is 0 Å². The number of aliphatic hydroxyl groups is 1. The lowest BCUT2D eigenvalue weighted by molar-refractivity contribution is 0.0950. The molecule has 1 aromatic carbocycles. The van der Waals surface area contributed by atoms with Crippen molar-refractivity contribution in [1.82, 2.24) is 15.0 Å². The topological polar surface area (TPSA) is 108 Å². The van der Waals surface area contributed by atoms with E-state index in [-0.39, 0.29) is 29.5 Å². The molecule has 8 heteroatoms. The monoisotopic (exact) mass is 377 g/mol. The molecule has 2 rings (SSSR count). The van der Waals surface area contributed by atoms with Crippen molar-refractivity contribution < 1.29 is 18.3 Å². The lowest BCUT2D eigenvalue weighted by atomic mass is 10.2. The molecular formula is C18H23N3O4S. The van der Waals surface area contributed by atoms with Gasteiger partial charge in [-0.2, -0.15) is 0 Å². The van der Waals surface area contributed by atoms with Gasteiger partial charge in [0.15, 0.2) is 0 Å². The number of amides is 1. The lowest BCUT2D eigenvalue weighted by Gasteiger charge is -2.10. The van der Waals surface area contributed by atoms with E-state index in [0.717, 1.165) is 17.7 Å².